The van der Waals surface area contributed by atoms with Gasteiger partial charge in [-0.1, -0.05) is 60.7 Å². The maximum absolute atomic E-state index is 5.92. The van der Waals surface area contributed by atoms with E-state index in [1.165, 1.54) is 10.8 Å². The summed E-state index contributed by atoms with van der Waals surface area (Å²) in [5.41, 5.74) is 0. The Labute approximate surface area is 141 Å². The lowest BCUT2D eigenvalue weighted by molar-refractivity contribution is 0.0225. The first kappa shape index (κ1) is 14.6. The summed E-state index contributed by atoms with van der Waals surface area (Å²) in [4.78, 5) is 0. The van der Waals surface area contributed by atoms with Gasteiger partial charge in [-0.2, -0.15) is 0 Å². The Kier molecular flexibility index (Phi) is 3.80. The van der Waals surface area contributed by atoms with Crippen molar-refractivity contribution >= 4 is 21.5 Å². The molecule has 2 heteroatoms. The van der Waals surface area contributed by atoms with Gasteiger partial charge in [0.25, 0.3) is 0 Å². The zero-order chi connectivity index (χ0) is 16.4. The molecular weight excluding hydrogens is 296 g/mol. The van der Waals surface area contributed by atoms with Crippen LogP contribution in [0, 0.1) is 0 Å². The second-order valence-corrected chi connectivity index (χ2v) is 5.82. The van der Waals surface area contributed by atoms with Crippen molar-refractivity contribution in [1.29, 1.82) is 0 Å². The quantitative estimate of drug-likeness (QED) is 0.443. The third kappa shape index (κ3) is 3.04. The van der Waals surface area contributed by atoms with Gasteiger partial charge < -0.3 is 9.47 Å². The minimum Gasteiger partial charge on any atom is -0.455 e. The summed E-state index contributed by atoms with van der Waals surface area (Å²) in [6, 6.07) is 28.6. The van der Waals surface area contributed by atoms with E-state index in [9.17, 15) is 0 Å². The fourth-order valence-corrected chi connectivity index (χ4v) is 2.89. The van der Waals surface area contributed by atoms with Crippen LogP contribution in [-0.4, -0.2) is 6.29 Å². The molecule has 0 fully saturated rings. The number of fused-ring (bicyclic) bond motifs is 2. The first-order chi connectivity index (χ1) is 11.8. The molecule has 0 unspecified atom stereocenters. The second-order valence-electron chi connectivity index (χ2n) is 5.82. The molecule has 118 valence electrons. The Hall–Kier alpha value is -3.00. The van der Waals surface area contributed by atoms with Crippen molar-refractivity contribution in [2.45, 2.75) is 13.2 Å². The normalized spacial score (nSPS) is 11.1. The molecule has 0 spiro atoms. The predicted octanol–water partition coefficient (Wildman–Crippen LogP) is 5.80. The Morgan fingerprint density at radius 3 is 1.42 bits per heavy atom. The van der Waals surface area contributed by atoms with E-state index in [2.05, 4.69) is 36.4 Å². The van der Waals surface area contributed by atoms with Crippen LogP contribution in [0.15, 0.2) is 84.9 Å². The van der Waals surface area contributed by atoms with Crippen molar-refractivity contribution in [3.63, 3.8) is 0 Å². The lowest BCUT2D eigenvalue weighted by atomic mass is 10.1. The van der Waals surface area contributed by atoms with Gasteiger partial charge in [-0.25, -0.2) is 0 Å². The minimum absolute atomic E-state index is 0.368. The van der Waals surface area contributed by atoms with Gasteiger partial charge >= 0.3 is 0 Å². The number of hydrogen-bond donors (Lipinski definition) is 0. The molecular formula is C22H18O2. The molecule has 4 aromatic rings. The zero-order valence-electron chi connectivity index (χ0n) is 13.5. The predicted molar refractivity (Wildman–Crippen MR) is 98.6 cm³/mol. The summed E-state index contributed by atoms with van der Waals surface area (Å²) in [7, 11) is 0. The van der Waals surface area contributed by atoms with Crippen LogP contribution in [0.5, 0.6) is 11.5 Å². The van der Waals surface area contributed by atoms with Gasteiger partial charge in [0, 0.05) is 6.92 Å². The molecule has 0 aromatic heterocycles. The average Bonchev–Trinajstić information content (AvgIpc) is 2.61. The monoisotopic (exact) mass is 314 g/mol. The minimum atomic E-state index is -0.368. The van der Waals surface area contributed by atoms with E-state index in [0.29, 0.717) is 0 Å². The molecule has 4 rings (SSSR count). The Morgan fingerprint density at radius 2 is 0.958 bits per heavy atom. The highest BCUT2D eigenvalue weighted by Gasteiger charge is 2.07. The molecule has 4 aromatic carbocycles. The van der Waals surface area contributed by atoms with Crippen LogP contribution in [0.4, 0.5) is 0 Å². The van der Waals surface area contributed by atoms with Crippen molar-refractivity contribution in [2.24, 2.45) is 0 Å². The first-order valence-electron chi connectivity index (χ1n) is 8.09. The van der Waals surface area contributed by atoms with Crippen LogP contribution in [0.2, 0.25) is 0 Å². The molecule has 0 saturated carbocycles. The van der Waals surface area contributed by atoms with Crippen LogP contribution in [0.1, 0.15) is 6.92 Å². The van der Waals surface area contributed by atoms with Crippen molar-refractivity contribution in [2.75, 3.05) is 0 Å². The van der Waals surface area contributed by atoms with E-state index in [4.69, 9.17) is 9.47 Å². The average molecular weight is 314 g/mol. The lowest BCUT2D eigenvalue weighted by Crippen LogP contribution is -2.19. The molecule has 2 nitrogen and oxygen atoms in total. The standard InChI is InChI=1S/C22H18O2/c1-16(23-21-12-10-17-6-2-4-8-19(17)14-21)24-22-13-11-18-7-3-5-9-20(18)15-22/h2-16H,1H3. The fraction of sp³-hybridized carbons (Fsp3) is 0.0909. The summed E-state index contributed by atoms with van der Waals surface area (Å²) < 4.78 is 11.8. The van der Waals surface area contributed by atoms with E-state index in [-0.39, 0.29) is 6.29 Å². The maximum Gasteiger partial charge on any atom is 0.238 e. The summed E-state index contributed by atoms with van der Waals surface area (Å²) in [5.74, 6) is 1.61. The summed E-state index contributed by atoms with van der Waals surface area (Å²) in [6.07, 6.45) is -0.368. The van der Waals surface area contributed by atoms with E-state index < -0.39 is 0 Å². The van der Waals surface area contributed by atoms with Gasteiger partial charge in [0.2, 0.25) is 6.29 Å². The van der Waals surface area contributed by atoms with Crippen molar-refractivity contribution in [3.8, 4) is 11.5 Å². The van der Waals surface area contributed by atoms with Gasteiger partial charge in [0.15, 0.2) is 0 Å². The third-order valence-electron chi connectivity index (χ3n) is 4.05. The molecule has 24 heavy (non-hydrogen) atoms. The SMILES string of the molecule is CC(Oc1ccc2ccccc2c1)Oc1ccc2ccccc2c1. The highest BCUT2D eigenvalue weighted by atomic mass is 16.7. The molecule has 0 aliphatic heterocycles. The molecule has 0 radical (unpaired) electrons. The van der Waals surface area contributed by atoms with Crippen LogP contribution < -0.4 is 9.47 Å². The second kappa shape index (κ2) is 6.25. The van der Waals surface area contributed by atoms with Crippen molar-refractivity contribution in [1.82, 2.24) is 0 Å². The molecule has 0 N–H and O–H groups in total. The van der Waals surface area contributed by atoms with Crippen LogP contribution >= 0.6 is 0 Å². The number of hydrogen-bond acceptors (Lipinski definition) is 2. The fourth-order valence-electron chi connectivity index (χ4n) is 2.89. The van der Waals surface area contributed by atoms with E-state index in [1.807, 2.05) is 55.5 Å². The van der Waals surface area contributed by atoms with Crippen LogP contribution in [-0.2, 0) is 0 Å². The van der Waals surface area contributed by atoms with Gasteiger partial charge in [-0.15, -0.1) is 0 Å². The largest absolute Gasteiger partial charge is 0.455 e. The molecule has 0 aliphatic carbocycles. The number of rotatable bonds is 4. The summed E-state index contributed by atoms with van der Waals surface area (Å²) in [6.45, 7) is 1.91. The Balaban J connectivity index is 1.51. The molecule has 0 heterocycles. The highest BCUT2D eigenvalue weighted by molar-refractivity contribution is 5.84. The summed E-state index contributed by atoms with van der Waals surface area (Å²) >= 11 is 0. The molecule has 0 bridgehead atoms. The number of benzene rings is 4. The Bertz CT molecular complexity index is 910. The van der Waals surface area contributed by atoms with Crippen molar-refractivity contribution < 1.29 is 9.47 Å². The van der Waals surface area contributed by atoms with Gasteiger partial charge in [0.1, 0.15) is 11.5 Å². The topological polar surface area (TPSA) is 18.5 Å². The zero-order valence-corrected chi connectivity index (χ0v) is 13.5. The Morgan fingerprint density at radius 1 is 0.542 bits per heavy atom. The maximum atomic E-state index is 5.92. The first-order valence-corrected chi connectivity index (χ1v) is 8.09. The highest BCUT2D eigenvalue weighted by Crippen LogP contribution is 2.24. The van der Waals surface area contributed by atoms with Crippen molar-refractivity contribution in [3.05, 3.63) is 84.9 Å². The van der Waals surface area contributed by atoms with Gasteiger partial charge in [-0.05, 0) is 45.8 Å². The smallest absolute Gasteiger partial charge is 0.238 e. The lowest BCUT2D eigenvalue weighted by Gasteiger charge is -2.17. The molecule has 0 aliphatic rings. The molecule has 0 saturated heterocycles. The number of ether oxygens (including phenoxy) is 2. The van der Waals surface area contributed by atoms with E-state index in [0.717, 1.165) is 22.3 Å². The van der Waals surface area contributed by atoms with E-state index in [1.54, 1.807) is 0 Å². The molecule has 0 amide bonds. The van der Waals surface area contributed by atoms with Crippen LogP contribution in [0.3, 0.4) is 0 Å². The van der Waals surface area contributed by atoms with Gasteiger partial charge in [-0.3, -0.25) is 0 Å². The van der Waals surface area contributed by atoms with Crippen LogP contribution in [0.25, 0.3) is 21.5 Å². The van der Waals surface area contributed by atoms with E-state index >= 15 is 0 Å². The third-order valence-corrected chi connectivity index (χ3v) is 4.05. The summed E-state index contributed by atoms with van der Waals surface area (Å²) in [5, 5.41) is 4.72. The van der Waals surface area contributed by atoms with Gasteiger partial charge in [0.05, 0.1) is 0 Å². The molecule has 0 atom stereocenters.